The number of nitriles is 1. The molecule has 2 aromatic rings. The van der Waals surface area contributed by atoms with Crippen molar-refractivity contribution in [3.63, 3.8) is 0 Å². The van der Waals surface area contributed by atoms with Gasteiger partial charge in [-0.2, -0.15) is 9.57 Å². The van der Waals surface area contributed by atoms with Gasteiger partial charge >= 0.3 is 0 Å². The van der Waals surface area contributed by atoms with Crippen molar-refractivity contribution in [2.75, 3.05) is 13.6 Å². The Kier molecular flexibility index (Phi) is 4.06. The predicted octanol–water partition coefficient (Wildman–Crippen LogP) is 2.74. The molecular weight excluding hydrogens is 306 g/mol. The highest BCUT2D eigenvalue weighted by Crippen LogP contribution is 2.32. The van der Waals surface area contributed by atoms with E-state index in [0.717, 1.165) is 19.5 Å². The molecule has 1 aromatic heterocycles. The molecule has 0 saturated heterocycles. The molecule has 0 aliphatic heterocycles. The van der Waals surface area contributed by atoms with Crippen molar-refractivity contribution in [1.29, 1.82) is 5.26 Å². The zero-order valence-electron chi connectivity index (χ0n) is 12.4. The molecule has 21 heavy (non-hydrogen) atoms. The second-order valence-corrected chi connectivity index (χ2v) is 8.89. The lowest BCUT2D eigenvalue weighted by atomic mass is 9.98. The van der Waals surface area contributed by atoms with Gasteiger partial charge < -0.3 is 0 Å². The highest BCUT2D eigenvalue weighted by atomic mass is 32.2. The first-order valence-electron chi connectivity index (χ1n) is 6.40. The monoisotopic (exact) mass is 323 g/mol. The number of rotatable bonds is 3. The third-order valence-corrected chi connectivity index (χ3v) is 6.25. The van der Waals surface area contributed by atoms with E-state index in [0.29, 0.717) is 0 Å². The molecule has 0 aliphatic carbocycles. The minimum absolute atomic E-state index is 0.0691. The lowest BCUT2D eigenvalue weighted by Gasteiger charge is -2.13. The summed E-state index contributed by atoms with van der Waals surface area (Å²) in [5, 5.41) is 9.62. The minimum atomic E-state index is -3.63. The maximum atomic E-state index is 12.3. The van der Waals surface area contributed by atoms with Crippen molar-refractivity contribution in [2.24, 2.45) is 0 Å². The average Bonchev–Trinajstić information content (AvgIpc) is 2.81. The Bertz CT molecular complexity index is 811. The van der Waals surface area contributed by atoms with Gasteiger partial charge in [-0.05, 0) is 18.2 Å². The van der Waals surface area contributed by atoms with Crippen LogP contribution in [-0.4, -0.2) is 31.3 Å². The molecule has 0 fully saturated rings. The fourth-order valence-electron chi connectivity index (χ4n) is 1.75. The van der Waals surface area contributed by atoms with E-state index in [1.54, 1.807) is 12.1 Å². The van der Waals surface area contributed by atoms with E-state index < -0.39 is 10.0 Å². The van der Waals surface area contributed by atoms with Gasteiger partial charge in [0.15, 0.2) is 0 Å². The van der Waals surface area contributed by atoms with Gasteiger partial charge in [-0.3, -0.25) is 0 Å². The van der Waals surface area contributed by atoms with Crippen LogP contribution in [0.25, 0.3) is 10.2 Å². The second-order valence-electron chi connectivity index (χ2n) is 5.82. The van der Waals surface area contributed by atoms with Crippen molar-refractivity contribution in [3.8, 4) is 6.07 Å². The molecule has 5 nitrogen and oxygen atoms in total. The van der Waals surface area contributed by atoms with Crippen LogP contribution in [0.1, 0.15) is 25.8 Å². The van der Waals surface area contributed by atoms with Gasteiger partial charge in [0.1, 0.15) is 6.54 Å². The summed E-state index contributed by atoms with van der Waals surface area (Å²) in [7, 11) is -2.23. The first-order chi connectivity index (χ1) is 9.66. The lowest BCUT2D eigenvalue weighted by molar-refractivity contribution is 0.502. The van der Waals surface area contributed by atoms with Crippen molar-refractivity contribution in [2.45, 2.75) is 31.1 Å². The topological polar surface area (TPSA) is 74.1 Å². The smallest absolute Gasteiger partial charge is 0.241 e. The summed E-state index contributed by atoms with van der Waals surface area (Å²) in [6.45, 7) is 6.05. The molecule has 0 spiro atoms. The van der Waals surface area contributed by atoms with Gasteiger partial charge in [0.05, 0.1) is 26.2 Å². The number of hydrogen-bond acceptors (Lipinski definition) is 5. The molecule has 0 amide bonds. The van der Waals surface area contributed by atoms with Crippen LogP contribution in [0.15, 0.2) is 23.1 Å². The highest BCUT2D eigenvalue weighted by molar-refractivity contribution is 7.89. The molecular formula is C14H17N3O2S2. The van der Waals surface area contributed by atoms with Crippen molar-refractivity contribution in [1.82, 2.24) is 9.29 Å². The second kappa shape index (κ2) is 5.37. The number of benzene rings is 1. The maximum Gasteiger partial charge on any atom is 0.243 e. The summed E-state index contributed by atoms with van der Waals surface area (Å²) in [5.74, 6) is 0. The lowest BCUT2D eigenvalue weighted by Crippen LogP contribution is -2.27. The summed E-state index contributed by atoms with van der Waals surface area (Å²) in [6.07, 6.45) is 0. The number of thiazole rings is 1. The van der Waals surface area contributed by atoms with Crippen LogP contribution >= 0.6 is 11.3 Å². The Morgan fingerprint density at radius 3 is 2.62 bits per heavy atom. The molecule has 0 aliphatic rings. The van der Waals surface area contributed by atoms with Crippen molar-refractivity contribution < 1.29 is 8.42 Å². The van der Waals surface area contributed by atoms with Crippen LogP contribution < -0.4 is 0 Å². The number of aromatic nitrogens is 1. The molecule has 0 atom stereocenters. The van der Waals surface area contributed by atoms with Crippen LogP contribution in [0.4, 0.5) is 0 Å². The number of fused-ring (bicyclic) bond motifs is 1. The zero-order valence-corrected chi connectivity index (χ0v) is 14.0. The molecule has 1 aromatic carbocycles. The van der Waals surface area contributed by atoms with Crippen LogP contribution in [0.5, 0.6) is 0 Å². The SMILES string of the molecule is CN(CC#N)S(=O)(=O)c1ccc2nc(C(C)(C)C)sc2c1. The fraction of sp³-hybridized carbons (Fsp3) is 0.429. The van der Waals surface area contributed by atoms with Crippen LogP contribution in [0, 0.1) is 11.3 Å². The molecule has 0 radical (unpaired) electrons. The van der Waals surface area contributed by atoms with Crippen molar-refractivity contribution in [3.05, 3.63) is 23.2 Å². The van der Waals surface area contributed by atoms with Crippen molar-refractivity contribution >= 4 is 31.6 Å². The van der Waals surface area contributed by atoms with E-state index in [2.05, 4.69) is 25.8 Å². The molecule has 7 heteroatoms. The first-order valence-corrected chi connectivity index (χ1v) is 8.66. The van der Waals surface area contributed by atoms with E-state index >= 15 is 0 Å². The third kappa shape index (κ3) is 3.07. The molecule has 2 rings (SSSR count). The molecule has 0 N–H and O–H groups in total. The van der Waals surface area contributed by atoms with E-state index in [-0.39, 0.29) is 16.9 Å². The van der Waals surface area contributed by atoms with Gasteiger partial charge in [0.25, 0.3) is 0 Å². The number of sulfonamides is 1. The van der Waals surface area contributed by atoms with Gasteiger partial charge in [-0.1, -0.05) is 20.8 Å². The third-order valence-electron chi connectivity index (χ3n) is 3.00. The Balaban J connectivity index is 2.51. The summed E-state index contributed by atoms with van der Waals surface area (Å²) in [6, 6.07) is 6.73. The first kappa shape index (κ1) is 15.9. The fourth-order valence-corrected chi connectivity index (χ4v) is 3.98. The van der Waals surface area contributed by atoms with Gasteiger partial charge in [0, 0.05) is 12.5 Å². The molecule has 1 heterocycles. The van der Waals surface area contributed by atoms with Crippen LogP contribution in [0.2, 0.25) is 0 Å². The predicted molar refractivity (Wildman–Crippen MR) is 83.7 cm³/mol. The van der Waals surface area contributed by atoms with Crippen LogP contribution in [0.3, 0.4) is 0 Å². The van der Waals surface area contributed by atoms with Gasteiger partial charge in [-0.15, -0.1) is 11.3 Å². The molecule has 0 bridgehead atoms. The highest BCUT2D eigenvalue weighted by Gasteiger charge is 2.23. The summed E-state index contributed by atoms with van der Waals surface area (Å²) >= 11 is 1.50. The normalized spacial score (nSPS) is 12.8. The number of nitrogens with zero attached hydrogens (tertiary/aromatic N) is 3. The molecule has 0 unspecified atom stereocenters. The van der Waals surface area contributed by atoms with E-state index in [1.807, 2.05) is 6.07 Å². The van der Waals surface area contributed by atoms with E-state index in [1.165, 1.54) is 24.5 Å². The standard InChI is InChI=1S/C14H17N3O2S2/c1-14(2,3)13-16-11-6-5-10(9-12(11)20-13)21(18,19)17(4)8-7-15/h5-6,9H,8H2,1-4H3. The van der Waals surface area contributed by atoms with Gasteiger partial charge in [-0.25, -0.2) is 13.4 Å². The average molecular weight is 323 g/mol. The largest absolute Gasteiger partial charge is 0.243 e. The zero-order chi connectivity index (χ0) is 15.8. The Labute approximate surface area is 128 Å². The van der Waals surface area contributed by atoms with E-state index in [9.17, 15) is 8.42 Å². The van der Waals surface area contributed by atoms with Gasteiger partial charge in [0.2, 0.25) is 10.0 Å². The maximum absolute atomic E-state index is 12.3. The van der Waals surface area contributed by atoms with E-state index in [4.69, 9.17) is 5.26 Å². The Hall–Kier alpha value is -1.49. The Morgan fingerprint density at radius 2 is 2.05 bits per heavy atom. The minimum Gasteiger partial charge on any atom is -0.241 e. The molecule has 112 valence electrons. The summed E-state index contributed by atoms with van der Waals surface area (Å²) in [5.41, 5.74) is 0.729. The quantitative estimate of drug-likeness (QED) is 0.814. The Morgan fingerprint density at radius 1 is 1.38 bits per heavy atom. The number of hydrogen-bond donors (Lipinski definition) is 0. The molecule has 0 saturated carbocycles. The summed E-state index contributed by atoms with van der Waals surface area (Å²) in [4.78, 5) is 4.74. The van der Waals surface area contributed by atoms with Crippen LogP contribution in [-0.2, 0) is 15.4 Å². The summed E-state index contributed by atoms with van der Waals surface area (Å²) < 4.78 is 26.5.